The maximum Gasteiger partial charge on any atom is 0.290 e. The number of morpholine rings is 1. The highest BCUT2D eigenvalue weighted by Gasteiger charge is 2.52. The average Bonchev–Trinajstić information content (AvgIpc) is 3.15. The molecule has 8 nitrogen and oxygen atoms in total. The van der Waals surface area contributed by atoms with Gasteiger partial charge in [-0.05, 0) is 42.9 Å². The highest BCUT2D eigenvalue weighted by molar-refractivity contribution is 6.11. The Morgan fingerprint density at radius 1 is 1.03 bits per heavy atom. The first-order valence-electron chi connectivity index (χ1n) is 12.3. The number of hydrogen-bond acceptors (Lipinski definition) is 7. The van der Waals surface area contributed by atoms with Crippen LogP contribution in [-0.2, 0) is 19.1 Å². The lowest BCUT2D eigenvalue weighted by Crippen LogP contribution is -2.43. The van der Waals surface area contributed by atoms with E-state index >= 15 is 0 Å². The first-order chi connectivity index (χ1) is 16.5. The molecule has 8 heteroatoms. The van der Waals surface area contributed by atoms with Crippen molar-refractivity contribution in [1.82, 2.24) is 9.80 Å². The molecule has 1 saturated heterocycles. The van der Waals surface area contributed by atoms with E-state index in [1.54, 1.807) is 19.1 Å². The normalized spacial score (nSPS) is 29.6. The second-order valence-electron chi connectivity index (χ2n) is 9.76. The van der Waals surface area contributed by atoms with Gasteiger partial charge in [-0.15, -0.1) is 0 Å². The summed E-state index contributed by atoms with van der Waals surface area (Å²) in [5, 5.41) is 0. The lowest BCUT2D eigenvalue weighted by Gasteiger charge is -2.37. The van der Waals surface area contributed by atoms with E-state index in [0.717, 1.165) is 44.5 Å². The van der Waals surface area contributed by atoms with Crippen molar-refractivity contribution in [1.29, 1.82) is 0 Å². The second kappa shape index (κ2) is 9.58. The zero-order chi connectivity index (χ0) is 23.8. The molecule has 3 aliphatic heterocycles. The molecule has 1 aromatic rings. The molecular formula is C26H34N2O6. The number of carbonyl (C=O) groups is 2. The first kappa shape index (κ1) is 23.2. The molecule has 5 rings (SSSR count). The van der Waals surface area contributed by atoms with Crippen LogP contribution in [0.25, 0.3) is 0 Å². The SMILES string of the molecule is COc1ccc(C2C3=C(OC4CCC(C)CC4C3=O)C(=O)N2CCN2CCOCC2)cc1OC. The number of fused-ring (bicyclic) bond motifs is 1. The van der Waals surface area contributed by atoms with Crippen LogP contribution >= 0.6 is 0 Å². The summed E-state index contributed by atoms with van der Waals surface area (Å²) in [7, 11) is 3.18. The maximum absolute atomic E-state index is 13.8. The molecule has 1 aliphatic carbocycles. The van der Waals surface area contributed by atoms with Crippen LogP contribution in [0.3, 0.4) is 0 Å². The predicted octanol–water partition coefficient (Wildman–Crippen LogP) is 2.58. The molecule has 0 spiro atoms. The Morgan fingerprint density at radius 3 is 2.53 bits per heavy atom. The van der Waals surface area contributed by atoms with Gasteiger partial charge in [-0.1, -0.05) is 13.0 Å². The van der Waals surface area contributed by atoms with Gasteiger partial charge in [0.15, 0.2) is 23.0 Å². The third-order valence-corrected chi connectivity index (χ3v) is 7.69. The van der Waals surface area contributed by atoms with Gasteiger partial charge in [0.2, 0.25) is 0 Å². The number of Topliss-reactive ketones (excluding diaryl/α,β-unsaturated/α-hetero) is 1. The van der Waals surface area contributed by atoms with Crippen molar-refractivity contribution in [3.05, 3.63) is 35.1 Å². The minimum Gasteiger partial charge on any atom is -0.493 e. The molecule has 184 valence electrons. The molecule has 0 bridgehead atoms. The number of ether oxygens (including phenoxy) is 4. The van der Waals surface area contributed by atoms with Crippen LogP contribution in [0.1, 0.15) is 37.8 Å². The standard InChI is InChI=1S/C26H34N2O6/c1-16-4-6-19-18(14-16)24(29)22-23(17-5-7-20(31-2)21(15-17)32-3)28(26(30)25(22)34-19)9-8-27-10-12-33-13-11-27/h5,7,15-16,18-19,23H,4,6,8-14H2,1-3H3. The van der Waals surface area contributed by atoms with Gasteiger partial charge in [0.05, 0.1) is 45.0 Å². The highest BCUT2D eigenvalue weighted by Crippen LogP contribution is 2.48. The molecule has 1 amide bonds. The molecule has 4 atom stereocenters. The van der Waals surface area contributed by atoms with Crippen LogP contribution in [0, 0.1) is 11.8 Å². The van der Waals surface area contributed by atoms with Crippen LogP contribution in [0.15, 0.2) is 29.5 Å². The van der Waals surface area contributed by atoms with Gasteiger partial charge < -0.3 is 23.8 Å². The van der Waals surface area contributed by atoms with Crippen LogP contribution in [-0.4, -0.2) is 81.2 Å². The van der Waals surface area contributed by atoms with Gasteiger partial charge in [-0.25, -0.2) is 0 Å². The van der Waals surface area contributed by atoms with E-state index in [4.69, 9.17) is 18.9 Å². The van der Waals surface area contributed by atoms with Crippen LogP contribution in [0.2, 0.25) is 0 Å². The number of amides is 1. The van der Waals surface area contributed by atoms with E-state index in [-0.39, 0.29) is 29.5 Å². The number of benzene rings is 1. The van der Waals surface area contributed by atoms with Gasteiger partial charge >= 0.3 is 0 Å². The predicted molar refractivity (Wildman–Crippen MR) is 125 cm³/mol. The largest absolute Gasteiger partial charge is 0.493 e. The van der Waals surface area contributed by atoms with Crippen molar-refractivity contribution < 1.29 is 28.5 Å². The summed E-state index contributed by atoms with van der Waals surface area (Å²) in [5.41, 5.74) is 1.34. The fourth-order valence-corrected chi connectivity index (χ4v) is 5.80. The maximum atomic E-state index is 13.8. The summed E-state index contributed by atoms with van der Waals surface area (Å²) in [6.07, 6.45) is 2.44. The lowest BCUT2D eigenvalue weighted by atomic mass is 9.74. The quantitative estimate of drug-likeness (QED) is 0.632. The minimum atomic E-state index is -0.492. The summed E-state index contributed by atoms with van der Waals surface area (Å²) in [6, 6.07) is 5.13. The Morgan fingerprint density at radius 2 is 1.79 bits per heavy atom. The summed E-state index contributed by atoms with van der Waals surface area (Å²) in [5.74, 6) is 1.61. The molecular weight excluding hydrogens is 436 g/mol. The van der Waals surface area contributed by atoms with Gasteiger partial charge in [0.1, 0.15) is 6.10 Å². The van der Waals surface area contributed by atoms with E-state index in [9.17, 15) is 9.59 Å². The number of ketones is 1. The minimum absolute atomic E-state index is 0.0693. The Balaban J connectivity index is 1.51. The number of carbonyl (C=O) groups excluding carboxylic acids is 2. The summed E-state index contributed by atoms with van der Waals surface area (Å²) in [4.78, 5) is 31.6. The first-order valence-corrected chi connectivity index (χ1v) is 12.3. The zero-order valence-corrected chi connectivity index (χ0v) is 20.2. The molecule has 34 heavy (non-hydrogen) atoms. The molecule has 4 unspecified atom stereocenters. The lowest BCUT2D eigenvalue weighted by molar-refractivity contribution is -0.136. The zero-order valence-electron chi connectivity index (χ0n) is 20.2. The van der Waals surface area contributed by atoms with Crippen molar-refractivity contribution in [3.8, 4) is 11.5 Å². The van der Waals surface area contributed by atoms with Crippen molar-refractivity contribution >= 4 is 11.7 Å². The third kappa shape index (κ3) is 4.07. The molecule has 1 saturated carbocycles. The highest BCUT2D eigenvalue weighted by atomic mass is 16.5. The van der Waals surface area contributed by atoms with Crippen LogP contribution < -0.4 is 9.47 Å². The number of hydrogen-bond donors (Lipinski definition) is 0. The molecule has 1 aromatic carbocycles. The molecule has 0 aromatic heterocycles. The summed E-state index contributed by atoms with van der Waals surface area (Å²) in [6.45, 7) is 6.50. The average molecular weight is 471 g/mol. The van der Waals surface area contributed by atoms with Crippen molar-refractivity contribution in [2.75, 3.05) is 53.6 Å². The molecule has 0 N–H and O–H groups in total. The molecule has 4 aliphatic rings. The fourth-order valence-electron chi connectivity index (χ4n) is 5.80. The van der Waals surface area contributed by atoms with E-state index < -0.39 is 6.04 Å². The summed E-state index contributed by atoms with van der Waals surface area (Å²) < 4.78 is 22.7. The van der Waals surface area contributed by atoms with Crippen LogP contribution in [0.5, 0.6) is 11.5 Å². The Kier molecular flexibility index (Phi) is 6.53. The number of nitrogens with zero attached hydrogens (tertiary/aromatic N) is 2. The fraction of sp³-hybridized carbons (Fsp3) is 0.615. The Labute approximate surface area is 200 Å². The molecule has 3 heterocycles. The van der Waals surface area contributed by atoms with E-state index in [1.807, 2.05) is 18.2 Å². The summed E-state index contributed by atoms with van der Waals surface area (Å²) >= 11 is 0. The van der Waals surface area contributed by atoms with Crippen LogP contribution in [0.4, 0.5) is 0 Å². The van der Waals surface area contributed by atoms with Gasteiger partial charge in [0, 0.05) is 26.2 Å². The Hall–Kier alpha value is -2.58. The Bertz CT molecular complexity index is 986. The third-order valence-electron chi connectivity index (χ3n) is 7.69. The topological polar surface area (TPSA) is 77.5 Å². The molecule has 2 fully saturated rings. The van der Waals surface area contributed by atoms with Gasteiger partial charge in [-0.3, -0.25) is 14.5 Å². The van der Waals surface area contributed by atoms with Crippen molar-refractivity contribution in [2.45, 2.75) is 38.3 Å². The second-order valence-corrected chi connectivity index (χ2v) is 9.76. The monoisotopic (exact) mass is 470 g/mol. The van der Waals surface area contributed by atoms with Gasteiger partial charge in [-0.2, -0.15) is 0 Å². The van der Waals surface area contributed by atoms with Gasteiger partial charge in [0.25, 0.3) is 5.91 Å². The van der Waals surface area contributed by atoms with E-state index in [1.165, 1.54) is 0 Å². The smallest absolute Gasteiger partial charge is 0.290 e. The number of rotatable bonds is 6. The van der Waals surface area contributed by atoms with Crippen molar-refractivity contribution in [3.63, 3.8) is 0 Å². The molecule has 0 radical (unpaired) electrons. The van der Waals surface area contributed by atoms with Crippen molar-refractivity contribution in [2.24, 2.45) is 11.8 Å². The van der Waals surface area contributed by atoms with E-state index in [2.05, 4.69) is 11.8 Å². The number of methoxy groups -OCH3 is 2. The van der Waals surface area contributed by atoms with E-state index in [0.29, 0.717) is 42.7 Å².